The number of hydrogen-bond donors (Lipinski definition) is 0. The Morgan fingerprint density at radius 3 is 2.18 bits per heavy atom. The fourth-order valence-corrected chi connectivity index (χ4v) is 1.59. The maximum atomic E-state index is 4.29. The summed E-state index contributed by atoms with van der Waals surface area (Å²) in [6, 6.07) is 19.2. The molecule has 0 saturated heterocycles. The van der Waals surface area contributed by atoms with Crippen molar-refractivity contribution >= 4 is 11.4 Å². The molecular weight excluding hydrogens is 272 g/mol. The van der Waals surface area contributed by atoms with Crippen molar-refractivity contribution in [3.8, 4) is 0 Å². The van der Waals surface area contributed by atoms with Crippen molar-refractivity contribution in [1.82, 2.24) is 0 Å². The molecule has 22 heavy (non-hydrogen) atoms. The normalized spacial score (nSPS) is 12.5. The van der Waals surface area contributed by atoms with E-state index in [0.717, 1.165) is 11.4 Å². The molecule has 0 amide bonds. The Morgan fingerprint density at radius 1 is 0.818 bits per heavy atom. The smallest absolute Gasteiger partial charge is 0.0991 e. The Kier molecular flexibility index (Phi) is 6.18. The molecule has 0 atom stereocenters. The van der Waals surface area contributed by atoms with Gasteiger partial charge in [0.2, 0.25) is 5.69 Å². The fourth-order valence-electron chi connectivity index (χ4n) is 1.59. The average Bonchev–Trinajstić information content (AvgIpc) is 2.59. The van der Waals surface area contributed by atoms with E-state index in [1.54, 1.807) is 18.4 Å². The minimum Gasteiger partial charge on any atom is -0.0991 e. The number of hydrogen-bond acceptors (Lipinski definition) is 2. The van der Waals surface area contributed by atoms with Gasteiger partial charge in [-0.1, -0.05) is 66.3 Å². The van der Waals surface area contributed by atoms with Crippen molar-refractivity contribution < 1.29 is 4.81 Å². The van der Waals surface area contributed by atoms with Crippen molar-refractivity contribution in [2.45, 2.75) is 0 Å². The van der Waals surface area contributed by atoms with Gasteiger partial charge < -0.3 is 0 Å². The number of para-hydroxylation sites is 1. The maximum Gasteiger partial charge on any atom is 0.203 e. The van der Waals surface area contributed by atoms with Crippen LogP contribution in [0.3, 0.4) is 0 Å². The predicted molar refractivity (Wildman–Crippen MR) is 88.2 cm³/mol. The van der Waals surface area contributed by atoms with Gasteiger partial charge in [-0.3, -0.25) is 0 Å². The molecule has 0 radical (unpaired) electrons. The van der Waals surface area contributed by atoms with Crippen LogP contribution >= 0.6 is 0 Å². The van der Waals surface area contributed by atoms with E-state index in [2.05, 4.69) is 22.0 Å². The largest absolute Gasteiger partial charge is 0.203 e. The Bertz CT molecular complexity index is 698. The molecule has 4 heteroatoms. The molecule has 0 aliphatic rings. The first-order valence-corrected chi connectivity index (χ1v) is 6.87. The molecule has 0 unspecified atom stereocenters. The van der Waals surface area contributed by atoms with E-state index in [1.165, 1.54) is 4.81 Å². The summed E-state index contributed by atoms with van der Waals surface area (Å²) in [4.78, 5) is 1.48. The zero-order valence-electron chi connectivity index (χ0n) is 12.2. The van der Waals surface area contributed by atoms with Crippen molar-refractivity contribution in [3.05, 3.63) is 97.7 Å². The summed E-state index contributed by atoms with van der Waals surface area (Å²) in [6.45, 7) is 3.61. The second-order valence-corrected chi connectivity index (χ2v) is 4.23. The lowest BCUT2D eigenvalue weighted by Gasteiger charge is -1.92. The summed E-state index contributed by atoms with van der Waals surface area (Å²) >= 11 is 0. The lowest BCUT2D eigenvalue weighted by molar-refractivity contribution is -0.522. The third kappa shape index (κ3) is 5.09. The fraction of sp³-hybridized carbons (Fsp3) is 0. The van der Waals surface area contributed by atoms with E-state index in [-0.39, 0.29) is 0 Å². The van der Waals surface area contributed by atoms with Crippen molar-refractivity contribution in [2.75, 3.05) is 0 Å². The number of allylic oxidation sites excluding steroid dienone is 4. The monoisotopic (exact) mass is 289 g/mol. The number of nitrogens with zero attached hydrogens (tertiary/aromatic N) is 4. The van der Waals surface area contributed by atoms with E-state index in [1.807, 2.05) is 72.8 Å². The molecular formula is C18H17N4+. The second-order valence-electron chi connectivity index (χ2n) is 4.23. The van der Waals surface area contributed by atoms with Crippen LogP contribution in [0.4, 0.5) is 11.4 Å². The highest BCUT2D eigenvalue weighted by molar-refractivity contribution is 5.34. The van der Waals surface area contributed by atoms with Gasteiger partial charge in [0.25, 0.3) is 0 Å². The molecule has 2 aromatic carbocycles. The lowest BCUT2D eigenvalue weighted by Crippen LogP contribution is -1.90. The molecule has 0 heterocycles. The summed E-state index contributed by atoms with van der Waals surface area (Å²) < 4.78 is 0. The van der Waals surface area contributed by atoms with E-state index in [0.29, 0.717) is 0 Å². The Morgan fingerprint density at radius 2 is 1.50 bits per heavy atom. The van der Waals surface area contributed by atoms with Crippen molar-refractivity contribution in [3.63, 3.8) is 0 Å². The SMILES string of the molecule is C=CC=CC=CN=[N+](N=Nc1ccccc1)c1ccccc1. The minimum atomic E-state index is 0.772. The Labute approximate surface area is 130 Å². The standard InChI is InChI=1S/C18H17N4/c1-2-3-4-11-16-19-22(18-14-9-6-10-15-18)21-20-17-12-7-5-8-13-17/h2-16H,1H2/q+1. The third-order valence-electron chi connectivity index (χ3n) is 2.61. The topological polar surface area (TPSA) is 40.1 Å². The third-order valence-corrected chi connectivity index (χ3v) is 2.61. The molecule has 0 bridgehead atoms. The van der Waals surface area contributed by atoms with Gasteiger partial charge in [0.15, 0.2) is 10.9 Å². The van der Waals surface area contributed by atoms with Crippen LogP contribution in [0.2, 0.25) is 0 Å². The first-order valence-electron chi connectivity index (χ1n) is 6.87. The van der Waals surface area contributed by atoms with Crippen LogP contribution in [0, 0.1) is 0 Å². The van der Waals surface area contributed by atoms with Gasteiger partial charge in [0.1, 0.15) is 0 Å². The summed E-state index contributed by atoms with van der Waals surface area (Å²) in [5.74, 6) is 0. The molecule has 0 aliphatic carbocycles. The Balaban J connectivity index is 2.24. The van der Waals surface area contributed by atoms with Gasteiger partial charge in [-0.05, 0) is 30.3 Å². The van der Waals surface area contributed by atoms with Crippen LogP contribution in [0.25, 0.3) is 0 Å². The minimum absolute atomic E-state index is 0.772. The molecule has 2 aromatic rings. The number of benzene rings is 2. The number of rotatable bonds is 6. The molecule has 0 aliphatic heterocycles. The lowest BCUT2D eigenvalue weighted by atomic mass is 10.3. The first-order chi connectivity index (χ1) is 10.9. The maximum absolute atomic E-state index is 4.29. The molecule has 0 fully saturated rings. The zero-order chi connectivity index (χ0) is 15.5. The molecule has 0 spiro atoms. The van der Waals surface area contributed by atoms with Crippen LogP contribution in [0.5, 0.6) is 0 Å². The van der Waals surface area contributed by atoms with Crippen LogP contribution < -0.4 is 0 Å². The van der Waals surface area contributed by atoms with E-state index in [4.69, 9.17) is 0 Å². The molecule has 2 rings (SSSR count). The van der Waals surface area contributed by atoms with Crippen LogP contribution in [0.15, 0.2) is 113 Å². The van der Waals surface area contributed by atoms with Gasteiger partial charge in [-0.15, -0.1) is 0 Å². The van der Waals surface area contributed by atoms with Crippen molar-refractivity contribution in [1.29, 1.82) is 0 Å². The molecule has 4 nitrogen and oxygen atoms in total. The summed E-state index contributed by atoms with van der Waals surface area (Å²) in [6.07, 6.45) is 8.82. The summed E-state index contributed by atoms with van der Waals surface area (Å²) in [5, 5.41) is 12.7. The molecule has 0 N–H and O–H groups in total. The van der Waals surface area contributed by atoms with Crippen LogP contribution in [0.1, 0.15) is 0 Å². The van der Waals surface area contributed by atoms with Gasteiger partial charge >= 0.3 is 0 Å². The Hall–Kier alpha value is -3.14. The highest BCUT2D eigenvalue weighted by Gasteiger charge is 2.05. The zero-order valence-corrected chi connectivity index (χ0v) is 12.2. The van der Waals surface area contributed by atoms with Crippen LogP contribution in [-0.2, 0) is 0 Å². The van der Waals surface area contributed by atoms with Gasteiger partial charge in [-0.2, -0.15) is 0 Å². The highest BCUT2D eigenvalue weighted by atomic mass is 15.6. The second kappa shape index (κ2) is 8.92. The van der Waals surface area contributed by atoms with E-state index < -0.39 is 0 Å². The summed E-state index contributed by atoms with van der Waals surface area (Å²) in [5.41, 5.74) is 1.61. The quantitative estimate of drug-likeness (QED) is 0.282. The summed E-state index contributed by atoms with van der Waals surface area (Å²) in [7, 11) is 0. The predicted octanol–water partition coefficient (Wildman–Crippen LogP) is 5.74. The molecule has 0 saturated carbocycles. The number of azo groups is 1. The van der Waals surface area contributed by atoms with E-state index in [9.17, 15) is 0 Å². The first kappa shape index (κ1) is 15.3. The van der Waals surface area contributed by atoms with Gasteiger partial charge in [0.05, 0.1) is 11.3 Å². The van der Waals surface area contributed by atoms with Gasteiger partial charge in [-0.25, -0.2) is 0 Å². The molecule has 0 aromatic heterocycles. The van der Waals surface area contributed by atoms with Crippen LogP contribution in [-0.4, -0.2) is 4.81 Å². The van der Waals surface area contributed by atoms with Crippen molar-refractivity contribution in [2.24, 2.45) is 15.5 Å². The average molecular weight is 289 g/mol. The molecule has 108 valence electrons. The highest BCUT2D eigenvalue weighted by Crippen LogP contribution is 2.15. The van der Waals surface area contributed by atoms with E-state index >= 15 is 0 Å². The van der Waals surface area contributed by atoms with Gasteiger partial charge in [0, 0.05) is 4.81 Å².